The molecule has 2 unspecified atom stereocenters. The van der Waals surface area contributed by atoms with Crippen LogP contribution in [-0.4, -0.2) is 14.0 Å². The molecule has 0 aliphatic carbocycles. The van der Waals surface area contributed by atoms with Gasteiger partial charge in [0, 0.05) is 17.9 Å². The molecule has 108 valence electrons. The van der Waals surface area contributed by atoms with Gasteiger partial charge in [-0.3, -0.25) is 8.89 Å². The van der Waals surface area contributed by atoms with Crippen LogP contribution in [0, 0.1) is 0 Å². The van der Waals surface area contributed by atoms with Crippen molar-refractivity contribution in [1.29, 1.82) is 0 Å². The lowest BCUT2D eigenvalue weighted by molar-refractivity contribution is 0.475. The topological polar surface area (TPSA) is 60.9 Å². The largest absolute Gasteiger partial charge is 0.398 e. The summed E-state index contributed by atoms with van der Waals surface area (Å²) in [5.74, 6) is 0.317. The van der Waals surface area contributed by atoms with Crippen LogP contribution in [0.15, 0.2) is 35.4 Å². The maximum absolute atomic E-state index is 12.4. The summed E-state index contributed by atoms with van der Waals surface area (Å²) in [6, 6.07) is 7.37. The molecule has 20 heavy (non-hydrogen) atoms. The monoisotopic (exact) mass is 311 g/mol. The molecular formula is C14H18ClN3OS. The SMILES string of the molecule is CCC(C)n1ccc(CS(=O)c2c(N)cccc2Cl)n1. The van der Waals surface area contributed by atoms with Gasteiger partial charge in [-0.15, -0.1) is 0 Å². The van der Waals surface area contributed by atoms with E-state index in [1.807, 2.05) is 16.9 Å². The summed E-state index contributed by atoms with van der Waals surface area (Å²) >= 11 is 6.07. The van der Waals surface area contributed by atoms with E-state index in [1.54, 1.807) is 18.2 Å². The summed E-state index contributed by atoms with van der Waals surface area (Å²) in [6.07, 6.45) is 2.92. The molecule has 0 aliphatic heterocycles. The molecular weight excluding hydrogens is 294 g/mol. The molecule has 4 nitrogen and oxygen atoms in total. The quantitative estimate of drug-likeness (QED) is 0.861. The van der Waals surface area contributed by atoms with E-state index in [9.17, 15) is 4.21 Å². The molecule has 0 fully saturated rings. The third-order valence-corrected chi connectivity index (χ3v) is 5.11. The highest BCUT2D eigenvalue weighted by atomic mass is 35.5. The second kappa shape index (κ2) is 6.41. The Morgan fingerprint density at radius 2 is 2.20 bits per heavy atom. The first-order valence-electron chi connectivity index (χ1n) is 6.49. The van der Waals surface area contributed by atoms with Gasteiger partial charge in [-0.2, -0.15) is 5.10 Å². The van der Waals surface area contributed by atoms with Crippen molar-refractivity contribution in [2.75, 3.05) is 5.73 Å². The Morgan fingerprint density at radius 3 is 2.85 bits per heavy atom. The molecule has 0 spiro atoms. The van der Waals surface area contributed by atoms with E-state index in [1.165, 1.54) is 0 Å². The molecule has 0 saturated heterocycles. The van der Waals surface area contributed by atoms with Crippen molar-refractivity contribution >= 4 is 28.1 Å². The average molecular weight is 312 g/mol. The Bertz CT molecular complexity index is 606. The first kappa shape index (κ1) is 15.1. The highest BCUT2D eigenvalue weighted by Crippen LogP contribution is 2.27. The van der Waals surface area contributed by atoms with Gasteiger partial charge in [-0.25, -0.2) is 0 Å². The Kier molecular flexibility index (Phi) is 4.83. The fourth-order valence-electron chi connectivity index (χ4n) is 1.86. The van der Waals surface area contributed by atoms with Crippen LogP contribution in [-0.2, 0) is 16.6 Å². The molecule has 2 aromatic rings. The van der Waals surface area contributed by atoms with Crippen LogP contribution in [0.3, 0.4) is 0 Å². The molecule has 2 atom stereocenters. The third kappa shape index (κ3) is 3.22. The summed E-state index contributed by atoms with van der Waals surface area (Å²) in [5, 5.41) is 4.88. The average Bonchev–Trinajstić information content (AvgIpc) is 2.86. The number of aromatic nitrogens is 2. The fraction of sp³-hybridized carbons (Fsp3) is 0.357. The van der Waals surface area contributed by atoms with Crippen LogP contribution < -0.4 is 5.73 Å². The van der Waals surface area contributed by atoms with Crippen LogP contribution in [0.4, 0.5) is 5.69 Å². The van der Waals surface area contributed by atoms with Crippen molar-refractivity contribution in [3.05, 3.63) is 41.2 Å². The minimum Gasteiger partial charge on any atom is -0.398 e. The smallest absolute Gasteiger partial charge is 0.0807 e. The fourth-order valence-corrected chi connectivity index (χ4v) is 3.48. The predicted molar refractivity (Wildman–Crippen MR) is 83.2 cm³/mol. The summed E-state index contributed by atoms with van der Waals surface area (Å²) in [5.41, 5.74) is 7.08. The number of nitrogen functional groups attached to an aromatic ring is 1. The van der Waals surface area contributed by atoms with Gasteiger partial charge in [-0.1, -0.05) is 24.6 Å². The maximum atomic E-state index is 12.4. The summed E-state index contributed by atoms with van der Waals surface area (Å²) in [6.45, 7) is 4.20. The minimum absolute atomic E-state index is 0.317. The minimum atomic E-state index is -1.29. The molecule has 0 bridgehead atoms. The van der Waals surface area contributed by atoms with Gasteiger partial charge in [0.25, 0.3) is 0 Å². The van der Waals surface area contributed by atoms with E-state index in [2.05, 4.69) is 18.9 Å². The Balaban J connectivity index is 2.18. The third-order valence-electron chi connectivity index (χ3n) is 3.21. The lowest BCUT2D eigenvalue weighted by Crippen LogP contribution is -2.06. The van der Waals surface area contributed by atoms with Gasteiger partial charge in [0.05, 0.1) is 32.2 Å². The molecule has 0 aliphatic rings. The molecule has 1 aromatic carbocycles. The molecule has 6 heteroatoms. The van der Waals surface area contributed by atoms with Crippen LogP contribution in [0.5, 0.6) is 0 Å². The van der Waals surface area contributed by atoms with E-state index in [-0.39, 0.29) is 0 Å². The van der Waals surface area contributed by atoms with Crippen LogP contribution in [0.1, 0.15) is 32.0 Å². The van der Waals surface area contributed by atoms with Crippen molar-refractivity contribution in [3.63, 3.8) is 0 Å². The van der Waals surface area contributed by atoms with Crippen molar-refractivity contribution in [3.8, 4) is 0 Å². The second-order valence-corrected chi connectivity index (χ2v) is 6.49. The zero-order valence-corrected chi connectivity index (χ0v) is 13.1. The summed E-state index contributed by atoms with van der Waals surface area (Å²) in [7, 11) is -1.29. The van der Waals surface area contributed by atoms with Gasteiger partial charge >= 0.3 is 0 Å². The number of halogens is 1. The lowest BCUT2D eigenvalue weighted by Gasteiger charge is -2.09. The van der Waals surface area contributed by atoms with E-state index in [4.69, 9.17) is 17.3 Å². The first-order valence-corrected chi connectivity index (χ1v) is 8.19. The number of benzene rings is 1. The van der Waals surface area contributed by atoms with E-state index in [0.29, 0.717) is 27.4 Å². The van der Waals surface area contributed by atoms with E-state index in [0.717, 1.165) is 12.1 Å². The standard InChI is InChI=1S/C14H18ClN3OS/c1-3-10(2)18-8-7-11(17-18)9-20(19)14-12(15)5-4-6-13(14)16/h4-8,10H,3,9,16H2,1-2H3. The summed E-state index contributed by atoms with van der Waals surface area (Å²) in [4.78, 5) is 0.493. The Hall–Kier alpha value is -1.33. The molecule has 0 amide bonds. The number of anilines is 1. The van der Waals surface area contributed by atoms with Crippen LogP contribution in [0.2, 0.25) is 5.02 Å². The highest BCUT2D eigenvalue weighted by molar-refractivity contribution is 7.84. The molecule has 1 heterocycles. The van der Waals surface area contributed by atoms with Crippen molar-refractivity contribution in [1.82, 2.24) is 9.78 Å². The number of hydrogen-bond acceptors (Lipinski definition) is 3. The molecule has 2 N–H and O–H groups in total. The van der Waals surface area contributed by atoms with Gasteiger partial charge in [0.2, 0.25) is 0 Å². The maximum Gasteiger partial charge on any atom is 0.0807 e. The van der Waals surface area contributed by atoms with Crippen LogP contribution >= 0.6 is 11.6 Å². The molecule has 0 radical (unpaired) electrons. The van der Waals surface area contributed by atoms with Crippen molar-refractivity contribution < 1.29 is 4.21 Å². The second-order valence-electron chi connectivity index (χ2n) is 4.69. The van der Waals surface area contributed by atoms with Gasteiger partial charge < -0.3 is 5.73 Å². The Morgan fingerprint density at radius 1 is 1.45 bits per heavy atom. The molecule has 2 rings (SSSR count). The summed E-state index contributed by atoms with van der Waals surface area (Å²) < 4.78 is 14.3. The van der Waals surface area contributed by atoms with Crippen molar-refractivity contribution in [2.45, 2.75) is 37.0 Å². The van der Waals surface area contributed by atoms with Gasteiger partial charge in [0.15, 0.2) is 0 Å². The van der Waals surface area contributed by atoms with Crippen molar-refractivity contribution in [2.24, 2.45) is 0 Å². The van der Waals surface area contributed by atoms with E-state index < -0.39 is 10.8 Å². The zero-order valence-electron chi connectivity index (χ0n) is 11.5. The first-order chi connectivity index (χ1) is 9.52. The van der Waals surface area contributed by atoms with E-state index >= 15 is 0 Å². The number of rotatable bonds is 5. The number of hydrogen-bond donors (Lipinski definition) is 1. The number of nitrogens with two attached hydrogens (primary N) is 1. The lowest BCUT2D eigenvalue weighted by atomic mass is 10.3. The normalized spacial score (nSPS) is 14.2. The van der Waals surface area contributed by atoms with Gasteiger partial charge in [0.1, 0.15) is 0 Å². The molecule has 0 saturated carbocycles. The zero-order chi connectivity index (χ0) is 14.7. The predicted octanol–water partition coefficient (Wildman–Crippen LogP) is 3.40. The van der Waals surface area contributed by atoms with Gasteiger partial charge in [-0.05, 0) is 31.5 Å². The Labute approximate surface area is 126 Å². The number of nitrogens with zero attached hydrogens (tertiary/aromatic N) is 2. The van der Waals surface area contributed by atoms with Crippen LogP contribution in [0.25, 0.3) is 0 Å². The highest BCUT2D eigenvalue weighted by Gasteiger charge is 2.15. The molecule has 1 aromatic heterocycles.